The molecule has 0 aliphatic carbocycles. The number of carbonyl (C=O) groups is 2. The van der Waals surface area contributed by atoms with Gasteiger partial charge in [0.2, 0.25) is 5.78 Å². The average molecular weight is 314 g/mol. The summed E-state index contributed by atoms with van der Waals surface area (Å²) in [6, 6.07) is 7.12. The van der Waals surface area contributed by atoms with Crippen molar-refractivity contribution in [2.75, 3.05) is 6.61 Å². The highest BCUT2D eigenvalue weighted by Gasteiger charge is 2.24. The highest BCUT2D eigenvalue weighted by Crippen LogP contribution is 2.31. The Kier molecular flexibility index (Phi) is 4.06. The van der Waals surface area contributed by atoms with E-state index in [1.54, 1.807) is 18.2 Å². The van der Waals surface area contributed by atoms with Crippen LogP contribution in [-0.2, 0) is 22.6 Å². The number of hydrogen-bond donors (Lipinski definition) is 0. The Morgan fingerprint density at radius 2 is 2.27 bits per heavy atom. The maximum Gasteiger partial charge on any atom is 0.310 e. The van der Waals surface area contributed by atoms with Crippen LogP contribution in [0.3, 0.4) is 0 Å². The molecule has 4 nitrogen and oxygen atoms in total. The lowest BCUT2D eigenvalue weighted by Gasteiger charge is -2.08. The Balaban J connectivity index is 1.87. The van der Waals surface area contributed by atoms with Crippen LogP contribution in [0.5, 0.6) is 5.75 Å². The van der Waals surface area contributed by atoms with Crippen molar-refractivity contribution in [3.63, 3.8) is 0 Å². The molecule has 1 aromatic carbocycles. The Bertz CT molecular complexity index is 745. The molecule has 0 N–H and O–H groups in total. The largest absolute Gasteiger partial charge is 0.488 e. The highest BCUT2D eigenvalue weighted by molar-refractivity contribution is 7.12. The van der Waals surface area contributed by atoms with Crippen LogP contribution in [0.15, 0.2) is 42.3 Å². The molecule has 0 saturated carbocycles. The Morgan fingerprint density at radius 3 is 3.09 bits per heavy atom. The molecular formula is C17H14O4S. The van der Waals surface area contributed by atoms with Crippen LogP contribution in [0, 0.1) is 0 Å². The summed E-state index contributed by atoms with van der Waals surface area (Å²) in [4.78, 5) is 25.0. The minimum Gasteiger partial charge on any atom is -0.488 e. The van der Waals surface area contributed by atoms with Gasteiger partial charge < -0.3 is 9.47 Å². The summed E-state index contributed by atoms with van der Waals surface area (Å²) in [5, 5.41) is 1.88. The lowest BCUT2D eigenvalue weighted by atomic mass is 10.0. The number of benzene rings is 1. The van der Waals surface area contributed by atoms with E-state index in [9.17, 15) is 9.59 Å². The topological polar surface area (TPSA) is 52.6 Å². The van der Waals surface area contributed by atoms with Crippen LogP contribution in [0.1, 0.15) is 26.4 Å². The van der Waals surface area contributed by atoms with E-state index >= 15 is 0 Å². The standard InChI is InChI=1S/C17H14O4S/c1-2-6-20-15(18)9-11-3-4-14-13(8-11)16(19)17-12(10-21-14)5-7-22-17/h2-5,7-8H,1,6,9-10H2. The van der Waals surface area contributed by atoms with Gasteiger partial charge in [0.15, 0.2) is 0 Å². The summed E-state index contributed by atoms with van der Waals surface area (Å²) in [5.74, 6) is 0.147. The van der Waals surface area contributed by atoms with Gasteiger partial charge in [-0.3, -0.25) is 9.59 Å². The summed E-state index contributed by atoms with van der Waals surface area (Å²) in [6.45, 7) is 4.07. The summed E-state index contributed by atoms with van der Waals surface area (Å²) in [7, 11) is 0. The van der Waals surface area contributed by atoms with Gasteiger partial charge in [0.25, 0.3) is 0 Å². The van der Waals surface area contributed by atoms with Crippen LogP contribution in [0.4, 0.5) is 0 Å². The Labute approximate surface area is 132 Å². The predicted molar refractivity (Wildman–Crippen MR) is 83.4 cm³/mol. The monoisotopic (exact) mass is 314 g/mol. The van der Waals surface area contributed by atoms with Crippen molar-refractivity contribution < 1.29 is 19.1 Å². The number of rotatable bonds is 4. The van der Waals surface area contributed by atoms with Crippen LogP contribution in [0.25, 0.3) is 0 Å². The van der Waals surface area contributed by atoms with Crippen LogP contribution >= 0.6 is 11.3 Å². The van der Waals surface area contributed by atoms with Crippen molar-refractivity contribution in [2.24, 2.45) is 0 Å². The molecule has 3 rings (SSSR count). The van der Waals surface area contributed by atoms with Crippen LogP contribution < -0.4 is 4.74 Å². The van der Waals surface area contributed by atoms with Gasteiger partial charge >= 0.3 is 5.97 Å². The molecule has 0 fully saturated rings. The van der Waals surface area contributed by atoms with E-state index in [1.807, 2.05) is 11.4 Å². The first-order valence-electron chi connectivity index (χ1n) is 6.82. The second-order valence-electron chi connectivity index (χ2n) is 4.87. The van der Waals surface area contributed by atoms with Gasteiger partial charge in [0.1, 0.15) is 19.0 Å². The SMILES string of the molecule is C=CCOC(=O)Cc1ccc2c(c1)C(=O)c1sccc1CO2. The predicted octanol–water partition coefficient (Wildman–Crippen LogP) is 3.14. The first kappa shape index (κ1) is 14.5. The number of carbonyl (C=O) groups excluding carboxylic acids is 2. The van der Waals surface area contributed by atoms with Crippen molar-refractivity contribution in [3.8, 4) is 5.75 Å². The zero-order valence-corrected chi connectivity index (χ0v) is 12.7. The normalized spacial score (nSPS) is 12.6. The zero-order valence-electron chi connectivity index (χ0n) is 11.8. The number of thiophene rings is 1. The summed E-state index contributed by atoms with van der Waals surface area (Å²) < 4.78 is 10.6. The molecule has 22 heavy (non-hydrogen) atoms. The second kappa shape index (κ2) is 6.15. The van der Waals surface area contributed by atoms with E-state index < -0.39 is 0 Å². The molecule has 0 unspecified atom stereocenters. The first-order valence-corrected chi connectivity index (χ1v) is 7.70. The smallest absolute Gasteiger partial charge is 0.310 e. The number of esters is 1. The Hall–Kier alpha value is -2.40. The average Bonchev–Trinajstić information content (AvgIpc) is 2.95. The van der Waals surface area contributed by atoms with Crippen molar-refractivity contribution in [1.82, 2.24) is 0 Å². The quantitative estimate of drug-likeness (QED) is 0.642. The molecule has 0 radical (unpaired) electrons. The van der Waals surface area contributed by atoms with Gasteiger partial charge in [-0.1, -0.05) is 18.7 Å². The number of ketones is 1. The van der Waals surface area contributed by atoms with Gasteiger partial charge in [0.05, 0.1) is 16.9 Å². The van der Waals surface area contributed by atoms with Gasteiger partial charge in [0, 0.05) is 5.56 Å². The summed E-state index contributed by atoms with van der Waals surface area (Å²) in [6.07, 6.45) is 1.64. The van der Waals surface area contributed by atoms with E-state index in [0.29, 0.717) is 22.8 Å². The third-order valence-corrected chi connectivity index (χ3v) is 4.29. The minimum absolute atomic E-state index is 0.0567. The molecule has 1 aliphatic heterocycles. The third kappa shape index (κ3) is 2.80. The first-order chi connectivity index (χ1) is 10.7. The molecule has 0 spiro atoms. The maximum atomic E-state index is 12.6. The fourth-order valence-electron chi connectivity index (χ4n) is 2.29. The number of hydrogen-bond acceptors (Lipinski definition) is 5. The van der Waals surface area contributed by atoms with Crippen LogP contribution in [-0.4, -0.2) is 18.4 Å². The van der Waals surface area contributed by atoms with Crippen molar-refractivity contribution >= 4 is 23.1 Å². The van der Waals surface area contributed by atoms with Crippen molar-refractivity contribution in [2.45, 2.75) is 13.0 Å². The van der Waals surface area contributed by atoms with E-state index in [1.165, 1.54) is 17.4 Å². The van der Waals surface area contributed by atoms with Gasteiger partial charge in [-0.25, -0.2) is 0 Å². The molecule has 1 aliphatic rings. The minimum atomic E-state index is -0.348. The fourth-order valence-corrected chi connectivity index (χ4v) is 3.15. The summed E-state index contributed by atoms with van der Waals surface area (Å²) in [5.41, 5.74) is 2.12. The Morgan fingerprint density at radius 1 is 1.41 bits per heavy atom. The van der Waals surface area contributed by atoms with Crippen LogP contribution in [0.2, 0.25) is 0 Å². The molecule has 0 amide bonds. The molecule has 1 aromatic heterocycles. The van der Waals surface area contributed by atoms with Gasteiger partial charge in [-0.2, -0.15) is 0 Å². The van der Waals surface area contributed by atoms with E-state index in [-0.39, 0.29) is 24.8 Å². The number of fused-ring (bicyclic) bond motifs is 2. The third-order valence-electron chi connectivity index (χ3n) is 3.34. The lowest BCUT2D eigenvalue weighted by molar-refractivity contribution is -0.141. The molecule has 0 atom stereocenters. The highest BCUT2D eigenvalue weighted by atomic mass is 32.1. The van der Waals surface area contributed by atoms with Crippen molar-refractivity contribution in [1.29, 1.82) is 0 Å². The molecule has 2 aromatic rings. The maximum absolute atomic E-state index is 12.6. The van der Waals surface area contributed by atoms with E-state index in [2.05, 4.69) is 6.58 Å². The molecule has 112 valence electrons. The fraction of sp³-hybridized carbons (Fsp3) is 0.176. The van der Waals surface area contributed by atoms with E-state index in [4.69, 9.17) is 9.47 Å². The molecule has 0 saturated heterocycles. The zero-order chi connectivity index (χ0) is 15.5. The second-order valence-corrected chi connectivity index (χ2v) is 5.79. The molecule has 5 heteroatoms. The molecule has 2 heterocycles. The van der Waals surface area contributed by atoms with E-state index in [0.717, 1.165) is 11.1 Å². The van der Waals surface area contributed by atoms with Crippen molar-refractivity contribution in [3.05, 3.63) is 63.9 Å². The lowest BCUT2D eigenvalue weighted by Crippen LogP contribution is -2.09. The summed E-state index contributed by atoms with van der Waals surface area (Å²) >= 11 is 1.41. The molecule has 0 bridgehead atoms. The number of ether oxygens (including phenoxy) is 2. The van der Waals surface area contributed by atoms with Gasteiger partial charge in [-0.05, 0) is 29.1 Å². The molecular weight excluding hydrogens is 300 g/mol. The van der Waals surface area contributed by atoms with Gasteiger partial charge in [-0.15, -0.1) is 11.3 Å².